The Morgan fingerprint density at radius 2 is 1.77 bits per heavy atom. The number of ether oxygens (including phenoxy) is 1. The Morgan fingerprint density at radius 1 is 1.11 bits per heavy atom. The van der Waals surface area contributed by atoms with E-state index in [0.29, 0.717) is 24.4 Å². The number of rotatable bonds is 12. The van der Waals surface area contributed by atoms with E-state index in [9.17, 15) is 18.0 Å². The van der Waals surface area contributed by atoms with Gasteiger partial charge in [0.25, 0.3) is 0 Å². The van der Waals surface area contributed by atoms with Gasteiger partial charge in [-0.05, 0) is 76.9 Å². The molecule has 10 heteroatoms. The number of carbonyl (C=O) groups is 2. The van der Waals surface area contributed by atoms with Crippen molar-refractivity contribution in [1.29, 1.82) is 0 Å². The molecule has 192 valence electrons. The number of anilines is 1. The van der Waals surface area contributed by atoms with Gasteiger partial charge in [-0.1, -0.05) is 32.9 Å². The van der Waals surface area contributed by atoms with E-state index < -0.39 is 28.5 Å². The van der Waals surface area contributed by atoms with E-state index in [0.717, 1.165) is 19.7 Å². The van der Waals surface area contributed by atoms with E-state index in [2.05, 4.69) is 27.9 Å². The Bertz CT molecular complexity index is 1110. The van der Waals surface area contributed by atoms with Gasteiger partial charge >= 0.3 is 0 Å². The lowest BCUT2D eigenvalue weighted by Crippen LogP contribution is -2.52. The minimum absolute atomic E-state index is 0.133. The van der Waals surface area contributed by atoms with Gasteiger partial charge in [0.2, 0.25) is 21.8 Å². The number of halogens is 1. The zero-order valence-corrected chi connectivity index (χ0v) is 23.8. The van der Waals surface area contributed by atoms with Crippen molar-refractivity contribution >= 4 is 50.1 Å². The smallest absolute Gasteiger partial charge is 0.244 e. The van der Waals surface area contributed by atoms with E-state index in [1.54, 1.807) is 43.5 Å². The summed E-state index contributed by atoms with van der Waals surface area (Å²) in [4.78, 5) is 28.2. The van der Waals surface area contributed by atoms with E-state index >= 15 is 0 Å². The highest BCUT2D eigenvalue weighted by Gasteiger charge is 2.31. The SMILES string of the molecule is CC[C@@H](C(=O)NCC(C)C)N(Cc1cccc(OC)c1)C(=O)CN(c1ccc(I)cc1)S(C)(=O)=O. The number of amides is 2. The van der Waals surface area contributed by atoms with Crippen LogP contribution in [0.4, 0.5) is 5.69 Å². The summed E-state index contributed by atoms with van der Waals surface area (Å²) in [5, 5.41) is 2.91. The first kappa shape index (κ1) is 28.9. The number of hydrogen-bond acceptors (Lipinski definition) is 5. The molecule has 0 heterocycles. The summed E-state index contributed by atoms with van der Waals surface area (Å²) in [6, 6.07) is 13.4. The topological polar surface area (TPSA) is 96.0 Å². The first-order valence-corrected chi connectivity index (χ1v) is 14.3. The van der Waals surface area contributed by atoms with Crippen molar-refractivity contribution in [3.8, 4) is 5.75 Å². The van der Waals surface area contributed by atoms with Crippen molar-refractivity contribution in [1.82, 2.24) is 10.2 Å². The van der Waals surface area contributed by atoms with Crippen LogP contribution in [0.3, 0.4) is 0 Å². The van der Waals surface area contributed by atoms with Crippen LogP contribution in [0.15, 0.2) is 48.5 Å². The minimum atomic E-state index is -3.75. The lowest BCUT2D eigenvalue weighted by Gasteiger charge is -2.33. The Morgan fingerprint density at radius 3 is 2.31 bits per heavy atom. The second-order valence-corrected chi connectivity index (χ2v) is 11.8. The number of methoxy groups -OCH3 is 1. The second kappa shape index (κ2) is 13.1. The highest BCUT2D eigenvalue weighted by atomic mass is 127. The predicted molar refractivity (Wildman–Crippen MR) is 147 cm³/mol. The molecule has 2 aromatic rings. The molecule has 35 heavy (non-hydrogen) atoms. The average molecular weight is 616 g/mol. The van der Waals surface area contributed by atoms with Crippen LogP contribution >= 0.6 is 22.6 Å². The summed E-state index contributed by atoms with van der Waals surface area (Å²) in [5.41, 5.74) is 1.16. The molecule has 2 amide bonds. The summed E-state index contributed by atoms with van der Waals surface area (Å²) >= 11 is 2.13. The van der Waals surface area contributed by atoms with Crippen LogP contribution in [-0.2, 0) is 26.2 Å². The molecule has 1 atom stereocenters. The average Bonchev–Trinajstić information content (AvgIpc) is 2.81. The van der Waals surface area contributed by atoms with Gasteiger partial charge in [0.15, 0.2) is 0 Å². The number of sulfonamides is 1. The zero-order valence-electron chi connectivity index (χ0n) is 20.8. The van der Waals surface area contributed by atoms with Crippen molar-refractivity contribution in [3.63, 3.8) is 0 Å². The van der Waals surface area contributed by atoms with Gasteiger partial charge in [0.1, 0.15) is 18.3 Å². The quantitative estimate of drug-likeness (QED) is 0.368. The maximum atomic E-state index is 13.6. The molecule has 8 nitrogen and oxygen atoms in total. The van der Waals surface area contributed by atoms with Crippen molar-refractivity contribution in [3.05, 3.63) is 57.7 Å². The van der Waals surface area contributed by atoms with E-state index in [1.807, 2.05) is 32.9 Å². The third kappa shape index (κ3) is 8.68. The Hall–Kier alpha value is -2.34. The highest BCUT2D eigenvalue weighted by Crippen LogP contribution is 2.22. The number of nitrogens with zero attached hydrogens (tertiary/aromatic N) is 2. The summed E-state index contributed by atoms with van der Waals surface area (Å²) in [5.74, 6) is 0.144. The molecule has 0 fully saturated rings. The van der Waals surface area contributed by atoms with E-state index in [4.69, 9.17) is 4.74 Å². The fourth-order valence-electron chi connectivity index (χ4n) is 3.53. The van der Waals surface area contributed by atoms with Crippen LogP contribution in [0.2, 0.25) is 0 Å². The number of carbonyl (C=O) groups excluding carboxylic acids is 2. The minimum Gasteiger partial charge on any atom is -0.497 e. The van der Waals surface area contributed by atoms with Crippen LogP contribution in [0.5, 0.6) is 5.75 Å². The van der Waals surface area contributed by atoms with Gasteiger partial charge < -0.3 is 15.0 Å². The van der Waals surface area contributed by atoms with E-state index in [1.165, 1.54) is 4.90 Å². The number of hydrogen-bond donors (Lipinski definition) is 1. The third-order valence-electron chi connectivity index (χ3n) is 5.35. The third-order valence-corrected chi connectivity index (χ3v) is 7.21. The molecule has 0 radical (unpaired) electrons. The standard InChI is InChI=1S/C25H34IN3O5S/c1-6-23(25(31)27-15-18(2)3)28(16-19-8-7-9-22(14-19)34-4)24(30)17-29(35(5,32)33)21-12-10-20(26)11-13-21/h7-14,18,23H,6,15-17H2,1-5H3,(H,27,31)/t23-/m0/s1. The first-order valence-electron chi connectivity index (χ1n) is 11.4. The van der Waals surface area contributed by atoms with Crippen LogP contribution in [0.25, 0.3) is 0 Å². The first-order chi connectivity index (χ1) is 16.5. The molecule has 0 saturated carbocycles. The molecule has 0 aliphatic rings. The molecule has 0 bridgehead atoms. The van der Waals surface area contributed by atoms with Gasteiger partial charge in [0.05, 0.1) is 19.1 Å². The monoisotopic (exact) mass is 615 g/mol. The highest BCUT2D eigenvalue weighted by molar-refractivity contribution is 14.1. The van der Waals surface area contributed by atoms with Crippen molar-refractivity contribution in [2.24, 2.45) is 5.92 Å². The van der Waals surface area contributed by atoms with Crippen LogP contribution in [0, 0.1) is 9.49 Å². The van der Waals surface area contributed by atoms with E-state index in [-0.39, 0.29) is 18.4 Å². The molecular weight excluding hydrogens is 581 g/mol. The number of nitrogens with one attached hydrogen (secondary N) is 1. The van der Waals surface area contributed by atoms with Crippen LogP contribution < -0.4 is 14.4 Å². The summed E-state index contributed by atoms with van der Waals surface area (Å²) < 4.78 is 32.6. The molecule has 0 aliphatic heterocycles. The summed E-state index contributed by atoms with van der Waals surface area (Å²) in [6.07, 6.45) is 1.44. The van der Waals surface area contributed by atoms with Gasteiger partial charge in [-0.3, -0.25) is 13.9 Å². The van der Waals surface area contributed by atoms with Crippen LogP contribution in [-0.4, -0.2) is 57.6 Å². The fraction of sp³-hybridized carbons (Fsp3) is 0.440. The van der Waals surface area contributed by atoms with Gasteiger partial charge in [-0.25, -0.2) is 8.42 Å². The van der Waals surface area contributed by atoms with Crippen molar-refractivity contribution in [2.75, 3.05) is 30.8 Å². The maximum Gasteiger partial charge on any atom is 0.244 e. The second-order valence-electron chi connectivity index (χ2n) is 8.68. The molecule has 0 aromatic heterocycles. The fourth-order valence-corrected chi connectivity index (χ4v) is 4.74. The molecule has 2 rings (SSSR count). The lowest BCUT2D eigenvalue weighted by molar-refractivity contribution is -0.140. The Labute approximate surface area is 222 Å². The van der Waals surface area contributed by atoms with Gasteiger partial charge in [0, 0.05) is 16.7 Å². The molecule has 1 N–H and O–H groups in total. The normalized spacial score (nSPS) is 12.2. The predicted octanol–water partition coefficient (Wildman–Crippen LogP) is 3.65. The van der Waals surface area contributed by atoms with Gasteiger partial charge in [-0.2, -0.15) is 0 Å². The molecule has 2 aromatic carbocycles. The molecule has 0 aliphatic carbocycles. The summed E-state index contributed by atoms with van der Waals surface area (Å²) in [6.45, 7) is 6.01. The van der Waals surface area contributed by atoms with Crippen molar-refractivity contribution < 1.29 is 22.7 Å². The Kier molecular flexibility index (Phi) is 10.8. The Balaban J connectivity index is 2.42. The lowest BCUT2D eigenvalue weighted by atomic mass is 10.1. The summed E-state index contributed by atoms with van der Waals surface area (Å²) in [7, 11) is -2.20. The van der Waals surface area contributed by atoms with Crippen molar-refractivity contribution in [2.45, 2.75) is 39.8 Å². The van der Waals surface area contributed by atoms with Gasteiger partial charge in [-0.15, -0.1) is 0 Å². The maximum absolute atomic E-state index is 13.6. The van der Waals surface area contributed by atoms with Crippen LogP contribution in [0.1, 0.15) is 32.8 Å². The molecule has 0 unspecified atom stereocenters. The molecule has 0 spiro atoms. The largest absolute Gasteiger partial charge is 0.497 e. The molecule has 0 saturated heterocycles. The number of benzene rings is 2. The zero-order chi connectivity index (χ0) is 26.2. The molecular formula is C25H34IN3O5S.